The number of aromatic nitrogens is 3. The van der Waals surface area contributed by atoms with E-state index < -0.39 is 0 Å². The third kappa shape index (κ3) is 3.14. The molecule has 0 radical (unpaired) electrons. The molecule has 2 aromatic heterocycles. The summed E-state index contributed by atoms with van der Waals surface area (Å²) in [6.07, 6.45) is 7.59. The van der Waals surface area contributed by atoms with E-state index in [0.29, 0.717) is 0 Å². The van der Waals surface area contributed by atoms with Gasteiger partial charge < -0.3 is 9.88 Å². The van der Waals surface area contributed by atoms with Gasteiger partial charge in [-0.15, -0.1) is 0 Å². The van der Waals surface area contributed by atoms with Crippen LogP contribution in [0.25, 0.3) is 0 Å². The predicted octanol–water partition coefficient (Wildman–Crippen LogP) is 1.68. The molecular weight excluding hydrogens is 212 g/mol. The maximum Gasteiger partial charge on any atom is 0.105 e. The molecule has 0 aliphatic heterocycles. The standard InChI is InChI=1S/C13H18N4/c1-11-3-4-14-9-13(11)10-15-5-7-17-8-6-16-12(17)2/h3-4,6,8-9,15H,5,7,10H2,1-2H3. The second-order valence-corrected chi connectivity index (χ2v) is 4.15. The molecule has 0 unspecified atom stereocenters. The van der Waals surface area contributed by atoms with Crippen molar-refractivity contribution in [2.75, 3.05) is 6.54 Å². The molecule has 0 fully saturated rings. The molecule has 90 valence electrons. The Morgan fingerprint density at radius 1 is 1.29 bits per heavy atom. The van der Waals surface area contributed by atoms with Crippen molar-refractivity contribution in [3.8, 4) is 0 Å². The first kappa shape index (κ1) is 11.8. The monoisotopic (exact) mass is 230 g/mol. The molecule has 0 bridgehead atoms. The number of hydrogen-bond acceptors (Lipinski definition) is 3. The molecule has 0 spiro atoms. The van der Waals surface area contributed by atoms with E-state index in [4.69, 9.17) is 0 Å². The fourth-order valence-corrected chi connectivity index (χ4v) is 1.74. The molecule has 0 saturated carbocycles. The first-order chi connectivity index (χ1) is 8.27. The summed E-state index contributed by atoms with van der Waals surface area (Å²) < 4.78 is 2.14. The topological polar surface area (TPSA) is 42.7 Å². The Hall–Kier alpha value is -1.68. The van der Waals surface area contributed by atoms with E-state index >= 15 is 0 Å². The Morgan fingerprint density at radius 2 is 2.18 bits per heavy atom. The first-order valence-corrected chi connectivity index (χ1v) is 5.85. The SMILES string of the molecule is Cc1ccncc1CNCCn1ccnc1C. The average Bonchev–Trinajstić information content (AvgIpc) is 2.73. The van der Waals surface area contributed by atoms with Crippen LogP contribution in [0.2, 0.25) is 0 Å². The minimum absolute atomic E-state index is 0.868. The molecule has 0 amide bonds. The normalized spacial score (nSPS) is 10.7. The van der Waals surface area contributed by atoms with Gasteiger partial charge in [0.1, 0.15) is 5.82 Å². The first-order valence-electron chi connectivity index (χ1n) is 5.85. The van der Waals surface area contributed by atoms with Crippen LogP contribution >= 0.6 is 0 Å². The smallest absolute Gasteiger partial charge is 0.105 e. The number of rotatable bonds is 5. The zero-order chi connectivity index (χ0) is 12.1. The van der Waals surface area contributed by atoms with Crippen LogP contribution in [0.1, 0.15) is 17.0 Å². The van der Waals surface area contributed by atoms with Gasteiger partial charge in [-0.1, -0.05) is 0 Å². The van der Waals surface area contributed by atoms with Crippen LogP contribution in [0.5, 0.6) is 0 Å². The minimum atomic E-state index is 0.868. The Balaban J connectivity index is 1.77. The van der Waals surface area contributed by atoms with Gasteiger partial charge in [0.25, 0.3) is 0 Å². The van der Waals surface area contributed by atoms with E-state index in [1.807, 2.05) is 37.8 Å². The zero-order valence-corrected chi connectivity index (χ0v) is 10.3. The highest BCUT2D eigenvalue weighted by Crippen LogP contribution is 2.03. The molecule has 17 heavy (non-hydrogen) atoms. The van der Waals surface area contributed by atoms with Crippen molar-refractivity contribution in [3.63, 3.8) is 0 Å². The van der Waals surface area contributed by atoms with Crippen LogP contribution < -0.4 is 5.32 Å². The second-order valence-electron chi connectivity index (χ2n) is 4.15. The zero-order valence-electron chi connectivity index (χ0n) is 10.3. The Kier molecular flexibility index (Phi) is 3.88. The lowest BCUT2D eigenvalue weighted by Crippen LogP contribution is -2.20. The number of pyridine rings is 1. The highest BCUT2D eigenvalue weighted by atomic mass is 15.1. The van der Waals surface area contributed by atoms with Crippen LogP contribution in [-0.4, -0.2) is 21.1 Å². The fourth-order valence-electron chi connectivity index (χ4n) is 1.74. The van der Waals surface area contributed by atoms with E-state index in [0.717, 1.165) is 25.5 Å². The van der Waals surface area contributed by atoms with Crippen molar-refractivity contribution in [1.29, 1.82) is 0 Å². The molecule has 0 saturated heterocycles. The third-order valence-electron chi connectivity index (χ3n) is 2.92. The van der Waals surface area contributed by atoms with Crippen molar-refractivity contribution in [2.24, 2.45) is 0 Å². The molecule has 2 rings (SSSR count). The second kappa shape index (κ2) is 5.59. The summed E-state index contributed by atoms with van der Waals surface area (Å²) in [6, 6.07) is 2.04. The van der Waals surface area contributed by atoms with Gasteiger partial charge in [0.15, 0.2) is 0 Å². The Bertz CT molecular complexity index is 476. The summed E-state index contributed by atoms with van der Waals surface area (Å²) in [5.74, 6) is 1.06. The van der Waals surface area contributed by atoms with Gasteiger partial charge in [-0.05, 0) is 31.0 Å². The highest BCUT2D eigenvalue weighted by molar-refractivity contribution is 5.20. The van der Waals surface area contributed by atoms with Crippen LogP contribution in [0, 0.1) is 13.8 Å². The lowest BCUT2D eigenvalue weighted by molar-refractivity contribution is 0.586. The van der Waals surface area contributed by atoms with E-state index in [1.165, 1.54) is 11.1 Å². The molecular formula is C13H18N4. The van der Waals surface area contributed by atoms with Gasteiger partial charge >= 0.3 is 0 Å². The van der Waals surface area contributed by atoms with Gasteiger partial charge in [-0.2, -0.15) is 0 Å². The Labute approximate surface area is 102 Å². The minimum Gasteiger partial charge on any atom is -0.334 e. The molecule has 0 aromatic carbocycles. The molecule has 2 heterocycles. The molecule has 2 aromatic rings. The van der Waals surface area contributed by atoms with E-state index in [-0.39, 0.29) is 0 Å². The van der Waals surface area contributed by atoms with Crippen LogP contribution in [0.3, 0.4) is 0 Å². The van der Waals surface area contributed by atoms with Gasteiger partial charge in [0.2, 0.25) is 0 Å². The average molecular weight is 230 g/mol. The van der Waals surface area contributed by atoms with Crippen molar-refractivity contribution < 1.29 is 0 Å². The van der Waals surface area contributed by atoms with Crippen molar-refractivity contribution in [1.82, 2.24) is 19.9 Å². The van der Waals surface area contributed by atoms with Crippen molar-refractivity contribution >= 4 is 0 Å². The summed E-state index contributed by atoms with van der Waals surface area (Å²) in [5.41, 5.74) is 2.54. The molecule has 4 nitrogen and oxygen atoms in total. The van der Waals surface area contributed by atoms with Gasteiger partial charge in [-0.25, -0.2) is 4.98 Å². The quantitative estimate of drug-likeness (QED) is 0.795. The van der Waals surface area contributed by atoms with Gasteiger partial charge in [0, 0.05) is 44.4 Å². The van der Waals surface area contributed by atoms with Crippen LogP contribution in [-0.2, 0) is 13.1 Å². The predicted molar refractivity (Wildman–Crippen MR) is 67.6 cm³/mol. The highest BCUT2D eigenvalue weighted by Gasteiger charge is 1.98. The molecule has 4 heteroatoms. The van der Waals surface area contributed by atoms with Crippen molar-refractivity contribution in [3.05, 3.63) is 47.8 Å². The molecule has 1 N–H and O–H groups in total. The lowest BCUT2D eigenvalue weighted by atomic mass is 10.1. The number of aryl methyl sites for hydroxylation is 2. The summed E-state index contributed by atoms with van der Waals surface area (Å²) in [7, 11) is 0. The number of nitrogens with zero attached hydrogens (tertiary/aromatic N) is 3. The summed E-state index contributed by atoms with van der Waals surface area (Å²) in [5, 5.41) is 3.42. The largest absolute Gasteiger partial charge is 0.334 e. The number of hydrogen-bond donors (Lipinski definition) is 1. The Morgan fingerprint density at radius 3 is 2.88 bits per heavy atom. The molecule has 0 aliphatic rings. The van der Waals surface area contributed by atoms with Gasteiger partial charge in [-0.3, -0.25) is 4.98 Å². The number of imidazole rings is 1. The number of nitrogens with one attached hydrogen (secondary N) is 1. The molecule has 0 aliphatic carbocycles. The third-order valence-corrected chi connectivity index (χ3v) is 2.92. The maximum absolute atomic E-state index is 4.19. The van der Waals surface area contributed by atoms with Crippen molar-refractivity contribution in [2.45, 2.75) is 26.9 Å². The van der Waals surface area contributed by atoms with Crippen LogP contribution in [0.15, 0.2) is 30.9 Å². The summed E-state index contributed by atoms with van der Waals surface area (Å²) in [4.78, 5) is 8.33. The fraction of sp³-hybridized carbons (Fsp3) is 0.385. The van der Waals surface area contributed by atoms with Gasteiger partial charge in [0.05, 0.1) is 0 Å². The van der Waals surface area contributed by atoms with E-state index in [1.54, 1.807) is 0 Å². The maximum atomic E-state index is 4.19. The summed E-state index contributed by atoms with van der Waals surface area (Å²) >= 11 is 0. The van der Waals surface area contributed by atoms with E-state index in [2.05, 4.69) is 26.8 Å². The summed E-state index contributed by atoms with van der Waals surface area (Å²) in [6.45, 7) is 6.88. The molecule has 0 atom stereocenters. The van der Waals surface area contributed by atoms with Crippen LogP contribution in [0.4, 0.5) is 0 Å². The lowest BCUT2D eigenvalue weighted by Gasteiger charge is -2.08. The van der Waals surface area contributed by atoms with E-state index in [9.17, 15) is 0 Å².